The van der Waals surface area contributed by atoms with Gasteiger partial charge >= 0.3 is 23.9 Å². The van der Waals surface area contributed by atoms with Crippen LogP contribution in [0, 0.1) is 22.2 Å². The van der Waals surface area contributed by atoms with Crippen LogP contribution in [0.5, 0.6) is 0 Å². The zero-order valence-electron chi connectivity index (χ0n) is 34.7. The normalized spacial score (nSPS) is 49.6. The van der Waals surface area contributed by atoms with Gasteiger partial charge in [0.2, 0.25) is 0 Å². The lowest BCUT2D eigenvalue weighted by Crippen LogP contribution is -2.97. The summed E-state index contributed by atoms with van der Waals surface area (Å²) in [6, 6.07) is 1.59. The molecule has 0 radical (unpaired) electrons. The van der Waals surface area contributed by atoms with Crippen molar-refractivity contribution in [3.8, 4) is 0 Å². The van der Waals surface area contributed by atoms with Gasteiger partial charge in [-0.15, -0.1) is 0 Å². The van der Waals surface area contributed by atoms with Gasteiger partial charge in [-0.3, -0.25) is 14.4 Å². The predicted molar refractivity (Wildman–Crippen MR) is 192 cm³/mol. The highest BCUT2D eigenvalue weighted by atomic mass is 17.0. The Hall–Kier alpha value is -3.42. The van der Waals surface area contributed by atoms with Gasteiger partial charge in [0.15, 0.2) is 11.2 Å². The van der Waals surface area contributed by atoms with E-state index in [1.807, 2.05) is 0 Å². The number of methoxy groups -OCH3 is 3. The number of aliphatic hydroxyl groups excluding tert-OH is 1. The molecule has 8 rings (SSSR count). The fourth-order valence-corrected chi connectivity index (χ4v) is 13.6. The number of carbonyl (C=O) groups is 4. The third kappa shape index (κ3) is 4.20. The molecule has 15 atom stereocenters. The van der Waals surface area contributed by atoms with E-state index in [-0.39, 0.29) is 31.3 Å². The number of aliphatic hydroxyl groups is 2. The van der Waals surface area contributed by atoms with Gasteiger partial charge < -0.3 is 62.0 Å². The van der Waals surface area contributed by atoms with Gasteiger partial charge in [0, 0.05) is 61.2 Å². The standard InChI is InChI=1S/C41H54O17/c1-12-21(3)29(46)53-30-32(5)20-36(47)34(7,24(32)16-26(44)48-9)40-25(43)17-33(6,28(52-22(4)42)23-14-15-51-19-23)37(18-27(45)49-10)41(40,57-35(8,55-37)56-40)31-39(30,36)58-38(13-2,50-11)54-31/h12,14-15,19,24-25,28,30-31,43,47H,13,16-18,20H2,1-11H3/b21-12-/t24?,25?,28-,30-,31?,32+,33-,34?,35?,36?,37?,38+,39?,40?,41?/m0/s1. The molecule has 2 spiro atoms. The number of rotatable bonds is 11. The van der Waals surface area contributed by atoms with Gasteiger partial charge in [-0.1, -0.05) is 33.8 Å². The molecular weight excluding hydrogens is 764 g/mol. The van der Waals surface area contributed by atoms with E-state index in [1.54, 1.807) is 53.7 Å². The fourth-order valence-electron chi connectivity index (χ4n) is 13.6. The highest BCUT2D eigenvalue weighted by molar-refractivity contribution is 5.88. The number of carbonyl (C=O) groups excluding carboxylic acids is 4. The molecule has 1 aromatic rings. The predicted octanol–water partition coefficient (Wildman–Crippen LogP) is 3.28. The quantitative estimate of drug-likeness (QED) is 0.186. The monoisotopic (exact) mass is 818 g/mol. The van der Waals surface area contributed by atoms with Crippen LogP contribution < -0.4 is 0 Å². The van der Waals surface area contributed by atoms with Gasteiger partial charge in [0.1, 0.15) is 35.1 Å². The van der Waals surface area contributed by atoms with Crippen LogP contribution in [-0.2, 0) is 66.5 Å². The molecule has 17 nitrogen and oxygen atoms in total. The van der Waals surface area contributed by atoms with Crippen molar-refractivity contribution in [2.45, 2.75) is 152 Å². The molecule has 7 fully saturated rings. The van der Waals surface area contributed by atoms with Crippen molar-refractivity contribution in [1.29, 1.82) is 0 Å². The van der Waals surface area contributed by atoms with Crippen molar-refractivity contribution in [2.24, 2.45) is 22.2 Å². The van der Waals surface area contributed by atoms with Crippen LogP contribution in [0.1, 0.15) is 99.2 Å². The second-order valence-corrected chi connectivity index (χ2v) is 17.9. The Kier molecular flexibility index (Phi) is 8.79. The largest absolute Gasteiger partial charge is 0.472 e. The summed E-state index contributed by atoms with van der Waals surface area (Å²) < 4.78 is 70.5. The molecule has 1 aromatic heterocycles. The molecule has 0 aromatic carbocycles. The van der Waals surface area contributed by atoms with Crippen LogP contribution in [0.15, 0.2) is 34.7 Å². The van der Waals surface area contributed by atoms with Crippen LogP contribution in [0.2, 0.25) is 0 Å². The summed E-state index contributed by atoms with van der Waals surface area (Å²) in [5, 5.41) is 27.4. The molecule has 0 amide bonds. The SMILES string of the molecule is C/C=C(/C)C(=O)O[C@@H]1C23O[C@](CC)(OC)OC2C24OC5(C)OC2(C(O)C[C@@](C)([C@@H](OC(C)=O)c2ccoc2)C4(CC(=O)OC)O5)C2(C)C(CC(=O)OC)[C@@]1(C)CC32O. The van der Waals surface area contributed by atoms with Crippen LogP contribution in [0.25, 0.3) is 0 Å². The minimum Gasteiger partial charge on any atom is -0.472 e. The molecular formula is C41H54O17. The Bertz CT molecular complexity index is 1960. The van der Waals surface area contributed by atoms with Crippen molar-refractivity contribution in [3.63, 3.8) is 0 Å². The summed E-state index contributed by atoms with van der Waals surface area (Å²) in [5.41, 5.74) is -15.0. The molecule has 4 heterocycles. The van der Waals surface area contributed by atoms with E-state index in [2.05, 4.69) is 0 Å². The Morgan fingerprint density at radius 1 is 0.983 bits per heavy atom. The smallest absolute Gasteiger partial charge is 0.333 e. The maximum absolute atomic E-state index is 14.2. The maximum Gasteiger partial charge on any atom is 0.333 e. The van der Waals surface area contributed by atoms with Crippen LogP contribution in [-0.4, -0.2) is 114 Å². The highest BCUT2D eigenvalue weighted by Gasteiger charge is 3.07. The number of fused-ring (bicyclic) bond motifs is 2. The van der Waals surface area contributed by atoms with Crippen molar-refractivity contribution in [1.82, 2.24) is 0 Å². The fraction of sp³-hybridized carbons (Fsp3) is 0.756. The minimum atomic E-state index is -2.27. The van der Waals surface area contributed by atoms with E-state index in [4.69, 9.17) is 51.8 Å². The van der Waals surface area contributed by atoms with Gasteiger partial charge in [-0.05, 0) is 38.7 Å². The first-order valence-electron chi connectivity index (χ1n) is 19.7. The average molecular weight is 819 g/mol. The molecule has 2 N–H and O–H groups in total. The Morgan fingerprint density at radius 2 is 1.66 bits per heavy atom. The number of hydrogen-bond acceptors (Lipinski definition) is 17. The topological polar surface area (TPSA) is 214 Å². The summed E-state index contributed by atoms with van der Waals surface area (Å²) in [6.45, 7) is 12.9. The second-order valence-electron chi connectivity index (χ2n) is 17.9. The zero-order valence-corrected chi connectivity index (χ0v) is 34.7. The Balaban J connectivity index is 1.54. The van der Waals surface area contributed by atoms with Crippen molar-refractivity contribution >= 4 is 23.9 Å². The number of ether oxygens (including phenoxy) is 10. The summed E-state index contributed by atoms with van der Waals surface area (Å²) >= 11 is 0. The van der Waals surface area contributed by atoms with Crippen molar-refractivity contribution < 1.29 is 81.2 Å². The number of esters is 4. The third-order valence-electron chi connectivity index (χ3n) is 15.6. The molecule has 10 unspecified atom stereocenters. The minimum absolute atomic E-state index is 0.0163. The van der Waals surface area contributed by atoms with Crippen LogP contribution >= 0.6 is 0 Å². The van der Waals surface area contributed by atoms with E-state index >= 15 is 0 Å². The Labute approximate surface area is 335 Å². The summed E-state index contributed by atoms with van der Waals surface area (Å²) in [7, 11) is 3.80. The zero-order chi connectivity index (χ0) is 42.5. The summed E-state index contributed by atoms with van der Waals surface area (Å²) in [6.07, 6.45) is -3.05. The first-order valence-corrected chi connectivity index (χ1v) is 19.7. The van der Waals surface area contributed by atoms with Gasteiger partial charge in [0.25, 0.3) is 11.9 Å². The molecule has 4 saturated carbocycles. The average Bonchev–Trinajstić information content (AvgIpc) is 4.00. The maximum atomic E-state index is 14.2. The van der Waals surface area contributed by atoms with Gasteiger partial charge in [-0.2, -0.15) is 0 Å². The Morgan fingerprint density at radius 3 is 2.22 bits per heavy atom. The second kappa shape index (κ2) is 12.3. The molecule has 3 saturated heterocycles. The van der Waals surface area contributed by atoms with E-state index < -0.39 is 117 Å². The third-order valence-corrected chi connectivity index (χ3v) is 15.6. The van der Waals surface area contributed by atoms with E-state index in [9.17, 15) is 29.4 Å². The lowest BCUT2D eigenvalue weighted by atomic mass is 9.32. The van der Waals surface area contributed by atoms with Gasteiger partial charge in [-0.25, -0.2) is 4.79 Å². The molecule has 320 valence electrons. The van der Waals surface area contributed by atoms with E-state index in [0.29, 0.717) is 5.56 Å². The van der Waals surface area contributed by atoms with Gasteiger partial charge in [0.05, 0.1) is 39.3 Å². The van der Waals surface area contributed by atoms with Crippen molar-refractivity contribution in [2.75, 3.05) is 21.3 Å². The number of hydrogen-bond donors (Lipinski definition) is 2. The molecule has 17 heteroatoms. The lowest BCUT2D eigenvalue weighted by Gasteiger charge is -2.78. The highest BCUT2D eigenvalue weighted by Crippen LogP contribution is 2.90. The number of furan rings is 1. The van der Waals surface area contributed by atoms with E-state index in [0.717, 1.165) is 0 Å². The first-order chi connectivity index (χ1) is 27.1. The molecule has 4 bridgehead atoms. The lowest BCUT2D eigenvalue weighted by molar-refractivity contribution is -0.468. The van der Waals surface area contributed by atoms with Crippen LogP contribution in [0.4, 0.5) is 0 Å². The molecule has 7 aliphatic rings. The summed E-state index contributed by atoms with van der Waals surface area (Å²) in [4.78, 5) is 55.0. The van der Waals surface area contributed by atoms with E-state index in [1.165, 1.54) is 47.7 Å². The number of allylic oxidation sites excluding steroid dienone is 1. The van der Waals surface area contributed by atoms with Crippen LogP contribution in [0.3, 0.4) is 0 Å². The molecule has 3 aliphatic heterocycles. The first kappa shape index (κ1) is 41.3. The summed E-state index contributed by atoms with van der Waals surface area (Å²) in [5.74, 6) is -7.95. The molecule has 4 aliphatic carbocycles. The van der Waals surface area contributed by atoms with Crippen molar-refractivity contribution in [3.05, 3.63) is 35.8 Å². The molecule has 58 heavy (non-hydrogen) atoms.